The molecule has 5 heteroatoms. The molecule has 4 nitrogen and oxygen atoms in total. The van der Waals surface area contributed by atoms with Crippen LogP contribution in [0, 0.1) is 11.2 Å². The van der Waals surface area contributed by atoms with Crippen LogP contribution in [0.5, 0.6) is 5.75 Å². The number of rotatable bonds is 5. The molecule has 1 amide bonds. The fourth-order valence-corrected chi connectivity index (χ4v) is 2.58. The van der Waals surface area contributed by atoms with Crippen molar-refractivity contribution in [3.05, 3.63) is 30.1 Å². The van der Waals surface area contributed by atoms with E-state index in [0.717, 1.165) is 19.3 Å². The van der Waals surface area contributed by atoms with Crippen LogP contribution in [0.25, 0.3) is 0 Å². The van der Waals surface area contributed by atoms with Gasteiger partial charge < -0.3 is 15.2 Å². The molecule has 0 saturated heterocycles. The van der Waals surface area contributed by atoms with Crippen LogP contribution in [-0.4, -0.2) is 30.3 Å². The maximum absolute atomic E-state index is 12.7. The average Bonchev–Trinajstić information content (AvgIpc) is 2.80. The van der Waals surface area contributed by atoms with Crippen LogP contribution in [0.15, 0.2) is 24.3 Å². The van der Waals surface area contributed by atoms with Crippen molar-refractivity contribution in [1.29, 1.82) is 0 Å². The number of ether oxygens (including phenoxy) is 1. The Balaban J connectivity index is 1.82. The zero-order chi connectivity index (χ0) is 14.6. The maximum Gasteiger partial charge on any atom is 0.258 e. The van der Waals surface area contributed by atoms with Gasteiger partial charge in [-0.3, -0.25) is 4.79 Å². The number of amides is 1. The van der Waals surface area contributed by atoms with Crippen LogP contribution in [-0.2, 0) is 4.79 Å². The van der Waals surface area contributed by atoms with Gasteiger partial charge in [-0.1, -0.05) is 13.3 Å². The molecule has 1 aliphatic rings. The van der Waals surface area contributed by atoms with E-state index in [2.05, 4.69) is 5.32 Å². The summed E-state index contributed by atoms with van der Waals surface area (Å²) in [6, 6.07) is 5.52. The zero-order valence-corrected chi connectivity index (χ0v) is 11.6. The number of hydrogen-bond acceptors (Lipinski definition) is 3. The highest BCUT2D eigenvalue weighted by molar-refractivity contribution is 5.78. The van der Waals surface area contributed by atoms with Crippen molar-refractivity contribution in [3.63, 3.8) is 0 Å². The molecular weight excluding hydrogens is 261 g/mol. The van der Waals surface area contributed by atoms with Crippen molar-refractivity contribution in [1.82, 2.24) is 5.32 Å². The van der Waals surface area contributed by atoms with Gasteiger partial charge in [-0.05, 0) is 37.1 Å². The Morgan fingerprint density at radius 3 is 2.85 bits per heavy atom. The molecule has 1 fully saturated rings. The minimum Gasteiger partial charge on any atom is -0.484 e. The second kappa shape index (κ2) is 6.22. The summed E-state index contributed by atoms with van der Waals surface area (Å²) in [5.74, 6) is -0.106. The maximum atomic E-state index is 12.7. The van der Waals surface area contributed by atoms with Crippen molar-refractivity contribution in [3.8, 4) is 5.75 Å². The number of carbonyl (C=O) groups excluding carboxylic acids is 1. The Labute approximate surface area is 117 Å². The van der Waals surface area contributed by atoms with E-state index in [9.17, 15) is 14.3 Å². The summed E-state index contributed by atoms with van der Waals surface area (Å²) in [6.45, 7) is 1.94. The number of aliphatic hydroxyl groups is 1. The summed E-state index contributed by atoms with van der Waals surface area (Å²) in [7, 11) is 0. The van der Waals surface area contributed by atoms with Crippen molar-refractivity contribution in [2.45, 2.75) is 32.2 Å². The van der Waals surface area contributed by atoms with Gasteiger partial charge in [0, 0.05) is 11.5 Å². The summed E-state index contributed by atoms with van der Waals surface area (Å²) < 4.78 is 18.0. The van der Waals surface area contributed by atoms with E-state index in [1.165, 1.54) is 24.3 Å². The summed E-state index contributed by atoms with van der Waals surface area (Å²) in [5, 5.41) is 12.3. The first kappa shape index (κ1) is 14.8. The molecule has 0 heterocycles. The predicted octanol–water partition coefficient (Wildman–Crippen LogP) is 1.87. The molecule has 0 spiro atoms. The lowest BCUT2D eigenvalue weighted by atomic mass is 9.86. The molecule has 0 bridgehead atoms. The van der Waals surface area contributed by atoms with Gasteiger partial charge in [0.05, 0.1) is 6.61 Å². The normalized spacial score (nSPS) is 25.4. The third kappa shape index (κ3) is 3.48. The molecule has 20 heavy (non-hydrogen) atoms. The van der Waals surface area contributed by atoms with Crippen molar-refractivity contribution in [2.24, 2.45) is 5.41 Å². The van der Waals surface area contributed by atoms with Crippen LogP contribution < -0.4 is 10.1 Å². The van der Waals surface area contributed by atoms with Crippen LogP contribution >= 0.6 is 0 Å². The number of nitrogens with one attached hydrogen (secondary N) is 1. The van der Waals surface area contributed by atoms with Crippen molar-refractivity contribution < 1.29 is 19.0 Å². The molecule has 110 valence electrons. The molecule has 1 aromatic rings. The molecule has 0 radical (unpaired) electrons. The summed E-state index contributed by atoms with van der Waals surface area (Å²) >= 11 is 0. The molecule has 2 rings (SSSR count). The van der Waals surface area contributed by atoms with E-state index < -0.39 is 0 Å². The zero-order valence-electron chi connectivity index (χ0n) is 11.6. The van der Waals surface area contributed by atoms with Gasteiger partial charge in [-0.25, -0.2) is 4.39 Å². The Kier molecular flexibility index (Phi) is 4.60. The van der Waals surface area contributed by atoms with E-state index in [1.807, 2.05) is 6.92 Å². The quantitative estimate of drug-likeness (QED) is 0.866. The van der Waals surface area contributed by atoms with Gasteiger partial charge >= 0.3 is 0 Å². The molecule has 2 unspecified atom stereocenters. The monoisotopic (exact) mass is 281 g/mol. The lowest BCUT2D eigenvalue weighted by Gasteiger charge is -2.30. The number of benzene rings is 1. The molecule has 2 N–H and O–H groups in total. The van der Waals surface area contributed by atoms with Gasteiger partial charge in [-0.2, -0.15) is 0 Å². The standard InChI is InChI=1S/C15H20FNO3/c1-15(10-18)8-2-3-13(15)17-14(19)9-20-12-6-4-11(16)5-7-12/h4-7,13,18H,2-3,8-10H2,1H3,(H,17,19). The first-order valence-corrected chi connectivity index (χ1v) is 6.82. The highest BCUT2D eigenvalue weighted by Gasteiger charge is 2.39. The molecule has 2 atom stereocenters. The third-order valence-electron chi connectivity index (χ3n) is 3.96. The Morgan fingerprint density at radius 1 is 1.50 bits per heavy atom. The molecule has 0 aromatic heterocycles. The van der Waals surface area contributed by atoms with Crippen LogP contribution in [0.1, 0.15) is 26.2 Å². The van der Waals surface area contributed by atoms with Crippen molar-refractivity contribution >= 4 is 5.91 Å². The third-order valence-corrected chi connectivity index (χ3v) is 3.96. The topological polar surface area (TPSA) is 58.6 Å². The lowest BCUT2D eigenvalue weighted by molar-refractivity contribution is -0.124. The Bertz CT molecular complexity index is 463. The second-order valence-electron chi connectivity index (χ2n) is 5.57. The van der Waals surface area contributed by atoms with Gasteiger partial charge in [0.25, 0.3) is 5.91 Å². The lowest BCUT2D eigenvalue weighted by Crippen LogP contribution is -2.46. The first-order chi connectivity index (χ1) is 9.53. The molecular formula is C15H20FNO3. The summed E-state index contributed by atoms with van der Waals surface area (Å²) in [5.41, 5.74) is -0.245. The highest BCUT2D eigenvalue weighted by Crippen LogP contribution is 2.37. The minimum atomic E-state index is -0.341. The predicted molar refractivity (Wildman–Crippen MR) is 72.9 cm³/mol. The van der Waals surface area contributed by atoms with E-state index in [0.29, 0.717) is 5.75 Å². The number of hydrogen-bond donors (Lipinski definition) is 2. The average molecular weight is 281 g/mol. The van der Waals surface area contributed by atoms with E-state index in [4.69, 9.17) is 4.74 Å². The van der Waals surface area contributed by atoms with E-state index in [1.54, 1.807) is 0 Å². The van der Waals surface area contributed by atoms with E-state index in [-0.39, 0.29) is 36.4 Å². The molecule has 1 aromatic carbocycles. The number of carbonyl (C=O) groups is 1. The van der Waals surface area contributed by atoms with Crippen LogP contribution in [0.4, 0.5) is 4.39 Å². The van der Waals surface area contributed by atoms with Gasteiger partial charge in [0.1, 0.15) is 11.6 Å². The minimum absolute atomic E-state index is 0.0168. The van der Waals surface area contributed by atoms with Crippen LogP contribution in [0.2, 0.25) is 0 Å². The second-order valence-corrected chi connectivity index (χ2v) is 5.57. The summed E-state index contributed by atoms with van der Waals surface area (Å²) in [4.78, 5) is 11.9. The molecule has 1 saturated carbocycles. The fraction of sp³-hybridized carbons (Fsp3) is 0.533. The fourth-order valence-electron chi connectivity index (χ4n) is 2.58. The summed E-state index contributed by atoms with van der Waals surface area (Å²) in [6.07, 6.45) is 2.79. The number of aliphatic hydroxyl groups excluding tert-OH is 1. The van der Waals surface area contributed by atoms with E-state index >= 15 is 0 Å². The molecule has 1 aliphatic carbocycles. The van der Waals surface area contributed by atoms with Gasteiger partial charge in [0.2, 0.25) is 0 Å². The highest BCUT2D eigenvalue weighted by atomic mass is 19.1. The molecule has 0 aliphatic heterocycles. The SMILES string of the molecule is CC1(CO)CCCC1NC(=O)COc1ccc(F)cc1. The number of halogens is 1. The Hall–Kier alpha value is -1.62. The Morgan fingerprint density at radius 2 is 2.20 bits per heavy atom. The smallest absolute Gasteiger partial charge is 0.258 e. The van der Waals surface area contributed by atoms with Crippen LogP contribution in [0.3, 0.4) is 0 Å². The largest absolute Gasteiger partial charge is 0.484 e. The van der Waals surface area contributed by atoms with Gasteiger partial charge in [-0.15, -0.1) is 0 Å². The van der Waals surface area contributed by atoms with Gasteiger partial charge in [0.15, 0.2) is 6.61 Å². The first-order valence-electron chi connectivity index (χ1n) is 6.82. The van der Waals surface area contributed by atoms with Crippen molar-refractivity contribution in [2.75, 3.05) is 13.2 Å².